The molecule has 0 radical (unpaired) electrons. The van der Waals surface area contributed by atoms with Crippen LogP contribution in [0.1, 0.15) is 11.7 Å². The van der Waals surface area contributed by atoms with Crippen molar-refractivity contribution in [1.29, 1.82) is 5.26 Å². The summed E-state index contributed by atoms with van der Waals surface area (Å²) in [6, 6.07) is 17.2. The molecule has 2 aromatic carbocycles. The second-order valence-electron chi connectivity index (χ2n) is 5.53. The molecule has 2 aromatic heterocycles. The summed E-state index contributed by atoms with van der Waals surface area (Å²) in [5, 5.41) is 14.7. The zero-order chi connectivity index (χ0) is 16.5. The minimum absolute atomic E-state index is 0.0305. The molecule has 0 saturated carbocycles. The normalized spacial score (nSPS) is 12.3. The van der Waals surface area contributed by atoms with E-state index in [0.717, 1.165) is 21.9 Å². The molecule has 6 nitrogen and oxygen atoms in total. The van der Waals surface area contributed by atoms with Gasteiger partial charge in [0.15, 0.2) is 11.7 Å². The van der Waals surface area contributed by atoms with Crippen LogP contribution in [0, 0.1) is 11.3 Å². The van der Waals surface area contributed by atoms with Crippen molar-refractivity contribution in [3.05, 3.63) is 60.6 Å². The second kappa shape index (κ2) is 5.63. The fraction of sp³-hybridized carbons (Fsp3) is 0.111. The highest BCUT2D eigenvalue weighted by molar-refractivity contribution is 5.90. The van der Waals surface area contributed by atoms with Gasteiger partial charge in [-0.25, -0.2) is 4.98 Å². The Morgan fingerprint density at radius 2 is 2.00 bits per heavy atom. The Morgan fingerprint density at radius 3 is 2.83 bits per heavy atom. The average molecular weight is 315 g/mol. The Kier molecular flexibility index (Phi) is 3.32. The second-order valence-corrected chi connectivity index (χ2v) is 5.53. The highest BCUT2D eigenvalue weighted by Crippen LogP contribution is 2.20. The fourth-order valence-electron chi connectivity index (χ4n) is 2.79. The van der Waals surface area contributed by atoms with Gasteiger partial charge in [-0.15, -0.1) is 0 Å². The maximum Gasteiger partial charge on any atom is 0.179 e. The molecule has 116 valence electrons. The van der Waals surface area contributed by atoms with Crippen LogP contribution in [0.4, 0.5) is 0 Å². The molecule has 24 heavy (non-hydrogen) atoms. The molecule has 4 rings (SSSR count). The number of benzene rings is 2. The summed E-state index contributed by atoms with van der Waals surface area (Å²) in [5.74, 6) is -0.814. The van der Waals surface area contributed by atoms with E-state index >= 15 is 0 Å². The number of fused-ring (bicyclic) bond motifs is 2. The molecular formula is C18H13N5O. The smallest absolute Gasteiger partial charge is 0.179 e. The van der Waals surface area contributed by atoms with Crippen LogP contribution in [0.2, 0.25) is 0 Å². The number of nitrogens with zero attached hydrogens (tertiary/aromatic N) is 4. The van der Waals surface area contributed by atoms with Gasteiger partial charge in [0.05, 0.1) is 28.8 Å². The number of para-hydroxylation sites is 3. The first-order chi connectivity index (χ1) is 11.8. The zero-order valence-electron chi connectivity index (χ0n) is 12.7. The zero-order valence-corrected chi connectivity index (χ0v) is 12.7. The number of aromatic amines is 1. The number of nitriles is 1. The van der Waals surface area contributed by atoms with E-state index in [1.165, 1.54) is 0 Å². The van der Waals surface area contributed by atoms with Crippen LogP contribution in [0.25, 0.3) is 21.9 Å². The third kappa shape index (κ3) is 2.32. The van der Waals surface area contributed by atoms with E-state index in [4.69, 9.17) is 0 Å². The van der Waals surface area contributed by atoms with Crippen LogP contribution < -0.4 is 0 Å². The topological polar surface area (TPSA) is 87.4 Å². The van der Waals surface area contributed by atoms with E-state index < -0.39 is 5.92 Å². The molecule has 4 aromatic rings. The van der Waals surface area contributed by atoms with Gasteiger partial charge >= 0.3 is 0 Å². The molecule has 0 fully saturated rings. The molecule has 2 heterocycles. The van der Waals surface area contributed by atoms with Gasteiger partial charge in [0.2, 0.25) is 0 Å². The van der Waals surface area contributed by atoms with Crippen molar-refractivity contribution in [2.75, 3.05) is 0 Å². The lowest BCUT2D eigenvalue weighted by Gasteiger charge is -2.06. The van der Waals surface area contributed by atoms with Crippen LogP contribution in [-0.4, -0.2) is 25.5 Å². The van der Waals surface area contributed by atoms with E-state index in [2.05, 4.69) is 21.1 Å². The van der Waals surface area contributed by atoms with Crippen molar-refractivity contribution in [2.45, 2.75) is 12.5 Å². The molecule has 0 saturated heterocycles. The van der Waals surface area contributed by atoms with Crippen molar-refractivity contribution >= 4 is 27.7 Å². The monoisotopic (exact) mass is 315 g/mol. The quantitative estimate of drug-likeness (QED) is 0.627. The lowest BCUT2D eigenvalue weighted by molar-refractivity contribution is -0.120. The number of carbonyl (C=O) groups is 1. The van der Waals surface area contributed by atoms with E-state index in [1.807, 2.05) is 48.5 Å². The molecule has 0 amide bonds. The molecule has 1 atom stereocenters. The standard InChI is InChI=1S/C18H13N5O/c19-9-13(18-21-14-6-2-3-7-15(14)22-18)17(24)11-23-16-8-4-1-5-12(16)10-20-23/h1-8,10,13H,11H2,(H,21,22). The lowest BCUT2D eigenvalue weighted by atomic mass is 10.1. The number of imidazole rings is 1. The third-order valence-corrected chi connectivity index (χ3v) is 3.99. The molecular weight excluding hydrogens is 302 g/mol. The number of aromatic nitrogens is 4. The van der Waals surface area contributed by atoms with E-state index in [1.54, 1.807) is 10.9 Å². The summed E-state index contributed by atoms with van der Waals surface area (Å²) in [7, 11) is 0. The van der Waals surface area contributed by atoms with Crippen molar-refractivity contribution < 1.29 is 4.79 Å². The minimum atomic E-state index is -0.944. The first-order valence-corrected chi connectivity index (χ1v) is 7.54. The van der Waals surface area contributed by atoms with Crippen LogP contribution in [0.5, 0.6) is 0 Å². The SMILES string of the molecule is N#CC(C(=O)Cn1ncc2ccccc21)c1nc2ccccc2[nH]1. The first kappa shape index (κ1) is 14.2. The minimum Gasteiger partial charge on any atom is -0.340 e. The van der Waals surface area contributed by atoms with Gasteiger partial charge in [0, 0.05) is 5.39 Å². The summed E-state index contributed by atoms with van der Waals surface area (Å²) >= 11 is 0. The number of Topliss-reactive ketones (excluding diaryl/α,β-unsaturated/α-hetero) is 1. The van der Waals surface area contributed by atoms with Gasteiger partial charge in [-0.05, 0) is 18.2 Å². The molecule has 0 bridgehead atoms. The predicted octanol–water partition coefficient (Wildman–Crippen LogP) is 2.79. The molecule has 0 aliphatic carbocycles. The van der Waals surface area contributed by atoms with Crippen LogP contribution in [0.3, 0.4) is 0 Å². The fourth-order valence-corrected chi connectivity index (χ4v) is 2.79. The number of hydrogen-bond acceptors (Lipinski definition) is 4. The largest absolute Gasteiger partial charge is 0.340 e. The van der Waals surface area contributed by atoms with Crippen molar-refractivity contribution in [3.8, 4) is 6.07 Å². The van der Waals surface area contributed by atoms with E-state index in [9.17, 15) is 10.1 Å². The summed E-state index contributed by atoms with van der Waals surface area (Å²) < 4.78 is 1.62. The van der Waals surface area contributed by atoms with Crippen molar-refractivity contribution in [3.63, 3.8) is 0 Å². The highest BCUT2D eigenvalue weighted by Gasteiger charge is 2.24. The molecule has 0 aliphatic rings. The number of hydrogen-bond donors (Lipinski definition) is 1. The van der Waals surface area contributed by atoms with E-state index in [0.29, 0.717) is 5.82 Å². The summed E-state index contributed by atoms with van der Waals surface area (Å²) in [4.78, 5) is 20.0. The summed E-state index contributed by atoms with van der Waals surface area (Å²) in [5.41, 5.74) is 2.42. The summed E-state index contributed by atoms with van der Waals surface area (Å²) in [6.45, 7) is 0.0305. The number of carbonyl (C=O) groups excluding carboxylic acids is 1. The number of nitrogens with one attached hydrogen (secondary N) is 1. The van der Waals surface area contributed by atoms with Crippen LogP contribution in [0.15, 0.2) is 54.7 Å². The van der Waals surface area contributed by atoms with Crippen LogP contribution >= 0.6 is 0 Å². The van der Waals surface area contributed by atoms with Gasteiger partial charge in [-0.2, -0.15) is 10.4 Å². The summed E-state index contributed by atoms with van der Waals surface area (Å²) in [6.07, 6.45) is 1.71. The van der Waals surface area contributed by atoms with Gasteiger partial charge in [-0.1, -0.05) is 30.3 Å². The van der Waals surface area contributed by atoms with Crippen molar-refractivity contribution in [1.82, 2.24) is 19.7 Å². The Morgan fingerprint density at radius 1 is 1.21 bits per heavy atom. The van der Waals surface area contributed by atoms with Gasteiger partial charge < -0.3 is 4.98 Å². The maximum atomic E-state index is 12.6. The lowest BCUT2D eigenvalue weighted by Crippen LogP contribution is -2.19. The molecule has 6 heteroatoms. The number of rotatable bonds is 4. The Bertz CT molecular complexity index is 1050. The first-order valence-electron chi connectivity index (χ1n) is 7.54. The Balaban J connectivity index is 1.65. The average Bonchev–Trinajstić information content (AvgIpc) is 3.20. The third-order valence-electron chi connectivity index (χ3n) is 3.99. The van der Waals surface area contributed by atoms with Gasteiger partial charge in [-0.3, -0.25) is 9.48 Å². The Labute approximate surface area is 137 Å². The number of H-pyrrole nitrogens is 1. The van der Waals surface area contributed by atoms with Crippen molar-refractivity contribution in [2.24, 2.45) is 0 Å². The number of ketones is 1. The molecule has 0 aliphatic heterocycles. The van der Waals surface area contributed by atoms with Gasteiger partial charge in [0.1, 0.15) is 12.4 Å². The maximum absolute atomic E-state index is 12.6. The predicted molar refractivity (Wildman–Crippen MR) is 89.2 cm³/mol. The molecule has 1 unspecified atom stereocenters. The van der Waals surface area contributed by atoms with Crippen LogP contribution in [-0.2, 0) is 11.3 Å². The Hall–Kier alpha value is -3.46. The highest BCUT2D eigenvalue weighted by atomic mass is 16.1. The molecule has 1 N–H and O–H groups in total. The molecule has 0 spiro atoms. The van der Waals surface area contributed by atoms with Gasteiger partial charge in [0.25, 0.3) is 0 Å². The van der Waals surface area contributed by atoms with E-state index in [-0.39, 0.29) is 12.3 Å².